The van der Waals surface area contributed by atoms with Crippen molar-refractivity contribution in [1.82, 2.24) is 10.3 Å². The smallest absolute Gasteiger partial charge is 0.269 e. The van der Waals surface area contributed by atoms with Gasteiger partial charge in [-0.1, -0.05) is 32.0 Å². The van der Waals surface area contributed by atoms with Gasteiger partial charge in [-0.3, -0.25) is 4.79 Å². The highest BCUT2D eigenvalue weighted by atomic mass is 16.1. The van der Waals surface area contributed by atoms with Crippen LogP contribution in [0.15, 0.2) is 30.3 Å². The molecule has 1 aromatic heterocycles. The van der Waals surface area contributed by atoms with Gasteiger partial charge in [0.2, 0.25) is 0 Å². The molecule has 1 aromatic carbocycles. The minimum atomic E-state index is -0.168. The van der Waals surface area contributed by atoms with Gasteiger partial charge in [0.25, 0.3) is 5.91 Å². The zero-order valence-electron chi connectivity index (χ0n) is 11.3. The van der Waals surface area contributed by atoms with E-state index >= 15 is 0 Å². The number of nitrogens with zero attached hydrogens (tertiary/aromatic N) is 1. The van der Waals surface area contributed by atoms with Gasteiger partial charge in [-0.15, -0.1) is 0 Å². The molecule has 0 atom stereocenters. The molecular formula is C15H19N3O. The van der Waals surface area contributed by atoms with E-state index in [-0.39, 0.29) is 5.91 Å². The van der Waals surface area contributed by atoms with Crippen molar-refractivity contribution in [3.05, 3.63) is 36.0 Å². The largest absolute Gasteiger partial charge is 0.398 e. The Hall–Kier alpha value is -2.10. The zero-order valence-corrected chi connectivity index (χ0v) is 11.3. The molecule has 0 saturated carbocycles. The van der Waals surface area contributed by atoms with Crippen molar-refractivity contribution in [2.24, 2.45) is 5.92 Å². The summed E-state index contributed by atoms with van der Waals surface area (Å²) in [5, 5.41) is 3.74. The summed E-state index contributed by atoms with van der Waals surface area (Å²) in [6.45, 7) is 4.90. The van der Waals surface area contributed by atoms with Crippen molar-refractivity contribution in [3.8, 4) is 0 Å². The number of nitrogens with one attached hydrogen (secondary N) is 1. The van der Waals surface area contributed by atoms with Crippen molar-refractivity contribution in [1.29, 1.82) is 0 Å². The fourth-order valence-electron chi connectivity index (χ4n) is 1.88. The van der Waals surface area contributed by atoms with Crippen LogP contribution >= 0.6 is 0 Å². The molecule has 0 radical (unpaired) electrons. The molecule has 0 fully saturated rings. The first kappa shape index (κ1) is 13.3. The third-order valence-corrected chi connectivity index (χ3v) is 2.99. The summed E-state index contributed by atoms with van der Waals surface area (Å²) in [6, 6.07) is 9.18. The molecule has 4 heteroatoms. The number of amides is 1. The Balaban J connectivity index is 2.18. The predicted molar refractivity (Wildman–Crippen MR) is 77.9 cm³/mol. The second kappa shape index (κ2) is 5.69. The van der Waals surface area contributed by atoms with Crippen LogP contribution in [-0.2, 0) is 0 Å². The lowest BCUT2D eigenvalue weighted by Gasteiger charge is -2.08. The molecule has 100 valence electrons. The van der Waals surface area contributed by atoms with Crippen molar-refractivity contribution in [3.63, 3.8) is 0 Å². The Labute approximate surface area is 113 Å². The number of carbonyl (C=O) groups is 1. The van der Waals surface area contributed by atoms with Crippen LogP contribution in [0, 0.1) is 5.92 Å². The number of carbonyl (C=O) groups excluding carboxylic acids is 1. The van der Waals surface area contributed by atoms with Crippen LogP contribution in [-0.4, -0.2) is 17.4 Å². The highest BCUT2D eigenvalue weighted by molar-refractivity contribution is 5.99. The van der Waals surface area contributed by atoms with Gasteiger partial charge in [0.05, 0.1) is 5.52 Å². The molecule has 0 saturated heterocycles. The third-order valence-electron chi connectivity index (χ3n) is 2.99. The molecule has 1 heterocycles. The molecule has 3 N–H and O–H groups in total. The SMILES string of the molecule is CC(C)CCNC(=O)c1cc(N)c2ccccc2n1. The van der Waals surface area contributed by atoms with Crippen LogP contribution in [0.5, 0.6) is 0 Å². The summed E-state index contributed by atoms with van der Waals surface area (Å²) >= 11 is 0. The van der Waals surface area contributed by atoms with E-state index in [2.05, 4.69) is 24.1 Å². The van der Waals surface area contributed by atoms with E-state index in [1.165, 1.54) is 0 Å². The monoisotopic (exact) mass is 257 g/mol. The highest BCUT2D eigenvalue weighted by Crippen LogP contribution is 2.19. The number of para-hydroxylation sites is 1. The van der Waals surface area contributed by atoms with Crippen molar-refractivity contribution < 1.29 is 4.79 Å². The quantitative estimate of drug-likeness (QED) is 0.884. The summed E-state index contributed by atoms with van der Waals surface area (Å²) in [7, 11) is 0. The van der Waals surface area contributed by atoms with Crippen LogP contribution in [0.3, 0.4) is 0 Å². The van der Waals surface area contributed by atoms with Gasteiger partial charge in [0.1, 0.15) is 5.69 Å². The molecule has 0 aliphatic carbocycles. The molecule has 2 rings (SSSR count). The maximum absolute atomic E-state index is 12.0. The van der Waals surface area contributed by atoms with Crippen molar-refractivity contribution >= 4 is 22.5 Å². The minimum absolute atomic E-state index is 0.168. The average Bonchev–Trinajstić information content (AvgIpc) is 2.38. The summed E-state index contributed by atoms with van der Waals surface area (Å²) in [4.78, 5) is 16.3. The van der Waals surface area contributed by atoms with Gasteiger partial charge in [0.15, 0.2) is 0 Å². The summed E-state index contributed by atoms with van der Waals surface area (Å²) < 4.78 is 0. The lowest BCUT2D eigenvalue weighted by Crippen LogP contribution is -2.26. The third kappa shape index (κ3) is 3.22. The number of benzene rings is 1. The lowest BCUT2D eigenvalue weighted by molar-refractivity contribution is 0.0947. The molecule has 2 aromatic rings. The van der Waals surface area contributed by atoms with Gasteiger partial charge in [-0.2, -0.15) is 0 Å². The Bertz CT molecular complexity index is 593. The summed E-state index contributed by atoms with van der Waals surface area (Å²) in [5.74, 6) is 0.396. The standard InChI is InChI=1S/C15H19N3O/c1-10(2)7-8-17-15(19)14-9-12(16)11-5-3-4-6-13(11)18-14/h3-6,9-10H,7-8H2,1-2H3,(H2,16,18)(H,17,19). The molecule has 1 amide bonds. The second-order valence-corrected chi connectivity index (χ2v) is 5.05. The molecule has 0 spiro atoms. The number of anilines is 1. The Morgan fingerprint density at radius 3 is 2.84 bits per heavy atom. The number of hydrogen-bond donors (Lipinski definition) is 2. The fourth-order valence-corrected chi connectivity index (χ4v) is 1.88. The maximum atomic E-state index is 12.0. The second-order valence-electron chi connectivity index (χ2n) is 5.05. The van der Waals surface area contributed by atoms with Crippen molar-refractivity contribution in [2.45, 2.75) is 20.3 Å². The normalized spacial score (nSPS) is 10.9. The van der Waals surface area contributed by atoms with Gasteiger partial charge < -0.3 is 11.1 Å². The first-order chi connectivity index (χ1) is 9.08. The molecule has 0 aliphatic rings. The Morgan fingerprint density at radius 2 is 2.11 bits per heavy atom. The van der Waals surface area contributed by atoms with E-state index in [4.69, 9.17) is 5.73 Å². The number of pyridine rings is 1. The molecular weight excluding hydrogens is 238 g/mol. The van der Waals surface area contributed by atoms with Crippen LogP contribution in [0.4, 0.5) is 5.69 Å². The maximum Gasteiger partial charge on any atom is 0.269 e. The first-order valence-electron chi connectivity index (χ1n) is 6.51. The predicted octanol–water partition coefficient (Wildman–Crippen LogP) is 2.59. The fraction of sp³-hybridized carbons (Fsp3) is 0.333. The number of rotatable bonds is 4. The number of fused-ring (bicyclic) bond motifs is 1. The van der Waals surface area contributed by atoms with Crippen LogP contribution < -0.4 is 11.1 Å². The molecule has 4 nitrogen and oxygen atoms in total. The van der Waals surface area contributed by atoms with Crippen LogP contribution in [0.25, 0.3) is 10.9 Å². The Morgan fingerprint density at radius 1 is 1.37 bits per heavy atom. The average molecular weight is 257 g/mol. The van der Waals surface area contributed by atoms with Crippen LogP contribution in [0.1, 0.15) is 30.8 Å². The van der Waals surface area contributed by atoms with E-state index < -0.39 is 0 Å². The highest BCUT2D eigenvalue weighted by Gasteiger charge is 2.10. The van der Waals surface area contributed by atoms with Gasteiger partial charge in [-0.05, 0) is 24.5 Å². The van der Waals surface area contributed by atoms with Gasteiger partial charge in [0, 0.05) is 17.6 Å². The van der Waals surface area contributed by atoms with Crippen LogP contribution in [0.2, 0.25) is 0 Å². The summed E-state index contributed by atoms with van der Waals surface area (Å²) in [6.07, 6.45) is 0.953. The van der Waals surface area contributed by atoms with Crippen molar-refractivity contribution in [2.75, 3.05) is 12.3 Å². The molecule has 0 aliphatic heterocycles. The van der Waals surface area contributed by atoms with E-state index in [0.29, 0.717) is 23.8 Å². The number of aromatic nitrogens is 1. The first-order valence-corrected chi connectivity index (χ1v) is 6.51. The van der Waals surface area contributed by atoms with E-state index in [1.807, 2.05) is 24.3 Å². The minimum Gasteiger partial charge on any atom is -0.398 e. The van der Waals surface area contributed by atoms with Gasteiger partial charge in [-0.25, -0.2) is 4.98 Å². The number of hydrogen-bond acceptors (Lipinski definition) is 3. The topological polar surface area (TPSA) is 68.0 Å². The van der Waals surface area contributed by atoms with E-state index in [0.717, 1.165) is 17.3 Å². The van der Waals surface area contributed by atoms with Gasteiger partial charge >= 0.3 is 0 Å². The molecule has 0 bridgehead atoms. The number of nitrogen functional groups attached to an aromatic ring is 1. The molecule has 0 unspecified atom stereocenters. The Kier molecular flexibility index (Phi) is 4.00. The zero-order chi connectivity index (χ0) is 13.8. The summed E-state index contributed by atoms with van der Waals surface area (Å²) in [5.41, 5.74) is 7.66. The lowest BCUT2D eigenvalue weighted by atomic mass is 10.1. The van der Waals surface area contributed by atoms with E-state index in [9.17, 15) is 4.79 Å². The molecule has 19 heavy (non-hydrogen) atoms. The number of nitrogens with two attached hydrogens (primary N) is 1. The van der Waals surface area contributed by atoms with E-state index in [1.54, 1.807) is 6.07 Å².